The maximum absolute atomic E-state index is 12.3. The summed E-state index contributed by atoms with van der Waals surface area (Å²) in [4.78, 5) is 22.4. The first-order valence-corrected chi connectivity index (χ1v) is 7.33. The number of aryl methyl sites for hydroxylation is 1. The zero-order chi connectivity index (χ0) is 14.4. The summed E-state index contributed by atoms with van der Waals surface area (Å²) in [6, 6.07) is 0. The minimum absolute atomic E-state index is 0.0968. The molecule has 0 saturated carbocycles. The van der Waals surface area contributed by atoms with Crippen molar-refractivity contribution < 1.29 is 9.90 Å². The predicted molar refractivity (Wildman–Crippen MR) is 76.0 cm³/mol. The van der Waals surface area contributed by atoms with E-state index < -0.39 is 0 Å². The van der Waals surface area contributed by atoms with E-state index >= 15 is 0 Å². The third-order valence-electron chi connectivity index (χ3n) is 4.31. The van der Waals surface area contributed by atoms with Crippen LogP contribution >= 0.6 is 0 Å². The fourth-order valence-corrected chi connectivity index (χ4v) is 2.80. The van der Waals surface area contributed by atoms with E-state index in [4.69, 9.17) is 0 Å². The van der Waals surface area contributed by atoms with Crippen LogP contribution in [0.2, 0.25) is 0 Å². The number of amides is 1. The van der Waals surface area contributed by atoms with Gasteiger partial charge in [0, 0.05) is 43.5 Å². The van der Waals surface area contributed by atoms with Gasteiger partial charge in [-0.05, 0) is 25.7 Å². The number of piperidine rings is 1. The van der Waals surface area contributed by atoms with E-state index in [1.165, 1.54) is 0 Å². The van der Waals surface area contributed by atoms with Crippen LogP contribution in [0.4, 0.5) is 0 Å². The smallest absolute Gasteiger partial charge is 0.222 e. The highest BCUT2D eigenvalue weighted by molar-refractivity contribution is 5.76. The van der Waals surface area contributed by atoms with Crippen LogP contribution in [0.5, 0.6) is 0 Å². The average Bonchev–Trinajstić information content (AvgIpc) is 2.53. The number of aromatic nitrogens is 2. The van der Waals surface area contributed by atoms with Gasteiger partial charge in [-0.25, -0.2) is 0 Å². The lowest BCUT2D eigenvalue weighted by molar-refractivity contribution is -0.135. The van der Waals surface area contributed by atoms with Crippen LogP contribution in [-0.4, -0.2) is 45.6 Å². The van der Waals surface area contributed by atoms with Crippen LogP contribution in [0, 0.1) is 5.41 Å². The van der Waals surface area contributed by atoms with Crippen molar-refractivity contribution in [3.05, 3.63) is 24.3 Å². The molecule has 1 aliphatic rings. The fourth-order valence-electron chi connectivity index (χ4n) is 2.80. The third-order valence-corrected chi connectivity index (χ3v) is 4.31. The maximum atomic E-state index is 12.3. The largest absolute Gasteiger partial charge is 0.396 e. The van der Waals surface area contributed by atoms with Crippen molar-refractivity contribution in [2.45, 2.75) is 39.0 Å². The Balaban J connectivity index is 1.89. The highest BCUT2D eigenvalue weighted by Gasteiger charge is 2.34. The normalized spacial score (nSPS) is 22.8. The van der Waals surface area contributed by atoms with E-state index in [1.54, 1.807) is 18.6 Å². The lowest BCUT2D eigenvalue weighted by atomic mass is 9.78. The van der Waals surface area contributed by atoms with Gasteiger partial charge in [-0.1, -0.05) is 6.92 Å². The van der Waals surface area contributed by atoms with Crippen LogP contribution in [0.15, 0.2) is 18.6 Å². The molecule has 5 nitrogen and oxygen atoms in total. The van der Waals surface area contributed by atoms with Crippen LogP contribution < -0.4 is 0 Å². The Hall–Kier alpha value is -1.49. The molecule has 1 aromatic rings. The highest BCUT2D eigenvalue weighted by atomic mass is 16.3. The van der Waals surface area contributed by atoms with Crippen molar-refractivity contribution >= 4 is 5.91 Å². The van der Waals surface area contributed by atoms with E-state index in [-0.39, 0.29) is 17.9 Å². The van der Waals surface area contributed by atoms with Crippen LogP contribution in [0.1, 0.15) is 38.3 Å². The van der Waals surface area contributed by atoms with Crippen molar-refractivity contribution in [2.75, 3.05) is 19.7 Å². The Labute approximate surface area is 120 Å². The summed E-state index contributed by atoms with van der Waals surface area (Å²) in [7, 11) is 0. The molecule has 0 bridgehead atoms. The number of aliphatic hydroxyl groups is 1. The second-order valence-electron chi connectivity index (χ2n) is 5.63. The SMILES string of the molecule is CC[C@@]1(CO)CCCN(C(=O)CCc2cnccn2)C1. The third kappa shape index (κ3) is 3.54. The molecule has 1 N–H and O–H groups in total. The molecule has 1 fully saturated rings. The number of rotatable bonds is 5. The first-order chi connectivity index (χ1) is 9.69. The summed E-state index contributed by atoms with van der Waals surface area (Å²) in [5.74, 6) is 0.154. The Kier molecular flexibility index (Phi) is 5.06. The molecule has 1 aromatic heterocycles. The van der Waals surface area contributed by atoms with Crippen molar-refractivity contribution in [1.82, 2.24) is 14.9 Å². The molecule has 110 valence electrons. The number of likely N-dealkylation sites (tertiary alicyclic amines) is 1. The maximum Gasteiger partial charge on any atom is 0.222 e. The lowest BCUT2D eigenvalue weighted by Gasteiger charge is -2.41. The summed E-state index contributed by atoms with van der Waals surface area (Å²) < 4.78 is 0. The summed E-state index contributed by atoms with van der Waals surface area (Å²) >= 11 is 0. The minimum Gasteiger partial charge on any atom is -0.396 e. The molecule has 0 aromatic carbocycles. The van der Waals surface area contributed by atoms with Gasteiger partial charge < -0.3 is 10.0 Å². The predicted octanol–water partition coefficient (Wildman–Crippen LogP) is 1.42. The van der Waals surface area contributed by atoms with Crippen molar-refractivity contribution in [2.24, 2.45) is 5.41 Å². The molecule has 0 spiro atoms. The number of carbonyl (C=O) groups excluding carboxylic acids is 1. The number of nitrogens with zero attached hydrogens (tertiary/aromatic N) is 3. The first kappa shape index (κ1) is 14.9. The standard InChI is InChI=1S/C15H23N3O2/c1-2-15(12-19)6-3-9-18(11-15)14(20)5-4-13-10-16-7-8-17-13/h7-8,10,19H,2-6,9,11-12H2,1H3/t15-/m1/s1. The molecule has 1 saturated heterocycles. The highest BCUT2D eigenvalue weighted by Crippen LogP contribution is 2.32. The van der Waals surface area contributed by atoms with Crippen LogP contribution in [-0.2, 0) is 11.2 Å². The Morgan fingerprint density at radius 2 is 2.35 bits per heavy atom. The average molecular weight is 277 g/mol. The van der Waals surface area contributed by atoms with Gasteiger partial charge in [0.15, 0.2) is 0 Å². The van der Waals surface area contributed by atoms with E-state index in [9.17, 15) is 9.90 Å². The number of aliphatic hydroxyl groups excluding tert-OH is 1. The van der Waals surface area contributed by atoms with Gasteiger partial charge in [-0.3, -0.25) is 14.8 Å². The Morgan fingerprint density at radius 3 is 3.00 bits per heavy atom. The summed E-state index contributed by atoms with van der Waals surface area (Å²) in [5.41, 5.74) is 0.752. The molecule has 20 heavy (non-hydrogen) atoms. The molecular weight excluding hydrogens is 254 g/mol. The molecule has 2 rings (SSSR count). The molecule has 1 aliphatic heterocycles. The second kappa shape index (κ2) is 6.79. The van der Waals surface area contributed by atoms with Crippen LogP contribution in [0.3, 0.4) is 0 Å². The minimum atomic E-state index is -0.0968. The van der Waals surface area contributed by atoms with E-state index in [0.717, 1.165) is 31.5 Å². The second-order valence-corrected chi connectivity index (χ2v) is 5.63. The van der Waals surface area contributed by atoms with Crippen molar-refractivity contribution in [3.63, 3.8) is 0 Å². The lowest BCUT2D eigenvalue weighted by Crippen LogP contribution is -2.47. The fraction of sp³-hybridized carbons (Fsp3) is 0.667. The zero-order valence-electron chi connectivity index (χ0n) is 12.1. The molecular formula is C15H23N3O2. The molecule has 2 heterocycles. The van der Waals surface area contributed by atoms with Gasteiger partial charge in [0.05, 0.1) is 12.3 Å². The van der Waals surface area contributed by atoms with E-state index in [1.807, 2.05) is 4.90 Å². The van der Waals surface area contributed by atoms with Gasteiger partial charge in [0.2, 0.25) is 5.91 Å². The van der Waals surface area contributed by atoms with Gasteiger partial charge in [-0.2, -0.15) is 0 Å². The monoisotopic (exact) mass is 277 g/mol. The van der Waals surface area contributed by atoms with Gasteiger partial charge in [-0.15, -0.1) is 0 Å². The number of hydrogen-bond donors (Lipinski definition) is 1. The molecule has 0 unspecified atom stereocenters. The van der Waals surface area contributed by atoms with Gasteiger partial charge >= 0.3 is 0 Å². The quantitative estimate of drug-likeness (QED) is 0.884. The van der Waals surface area contributed by atoms with E-state index in [2.05, 4.69) is 16.9 Å². The Bertz CT molecular complexity index is 432. The molecule has 0 radical (unpaired) electrons. The van der Waals surface area contributed by atoms with Crippen LogP contribution in [0.25, 0.3) is 0 Å². The van der Waals surface area contributed by atoms with Gasteiger partial charge in [0.1, 0.15) is 0 Å². The van der Waals surface area contributed by atoms with E-state index in [0.29, 0.717) is 19.4 Å². The Morgan fingerprint density at radius 1 is 1.50 bits per heavy atom. The first-order valence-electron chi connectivity index (χ1n) is 7.33. The molecule has 5 heteroatoms. The van der Waals surface area contributed by atoms with Crippen molar-refractivity contribution in [3.8, 4) is 0 Å². The topological polar surface area (TPSA) is 66.3 Å². The summed E-state index contributed by atoms with van der Waals surface area (Å²) in [5, 5.41) is 9.59. The van der Waals surface area contributed by atoms with Crippen molar-refractivity contribution in [1.29, 1.82) is 0 Å². The summed E-state index contributed by atoms with van der Waals surface area (Å²) in [6.45, 7) is 3.74. The molecule has 1 atom stereocenters. The van der Waals surface area contributed by atoms with Gasteiger partial charge in [0.25, 0.3) is 0 Å². The number of hydrogen-bond acceptors (Lipinski definition) is 4. The zero-order valence-corrected chi connectivity index (χ0v) is 12.1. The molecule has 0 aliphatic carbocycles. The molecule has 1 amide bonds. The summed E-state index contributed by atoms with van der Waals surface area (Å²) in [6.07, 6.45) is 8.97. The number of carbonyl (C=O) groups is 1.